The minimum absolute atomic E-state index is 0.0844. The maximum absolute atomic E-state index is 11.2. The van der Waals surface area contributed by atoms with Crippen LogP contribution in [0.1, 0.15) is 25.7 Å². The predicted molar refractivity (Wildman–Crippen MR) is 68.9 cm³/mol. The van der Waals surface area contributed by atoms with Crippen molar-refractivity contribution in [3.05, 3.63) is 12.7 Å². The predicted octanol–water partition coefficient (Wildman–Crippen LogP) is 1.39. The van der Waals surface area contributed by atoms with Crippen LogP contribution in [0, 0.1) is 0 Å². The second-order valence-electron chi connectivity index (χ2n) is 3.80. The Morgan fingerprint density at radius 2 is 1.63 bits per heavy atom. The average molecular weight is 274 g/mol. The van der Waals surface area contributed by atoms with E-state index in [-0.39, 0.29) is 25.4 Å². The molecule has 0 heterocycles. The molecule has 0 spiro atoms. The molecule has 0 aromatic rings. The third kappa shape index (κ3) is 14.5. The monoisotopic (exact) mass is 274 g/mol. The van der Waals surface area contributed by atoms with Crippen molar-refractivity contribution in [3.63, 3.8) is 0 Å². The SMILES string of the molecule is C=CCOCCOCCOC(=O)CCCCC(=O)O. The lowest BCUT2D eigenvalue weighted by Gasteiger charge is -2.06. The minimum atomic E-state index is -0.847. The molecule has 0 aromatic carbocycles. The Morgan fingerprint density at radius 1 is 1.00 bits per heavy atom. The van der Waals surface area contributed by atoms with Crippen LogP contribution in [0.2, 0.25) is 0 Å². The smallest absolute Gasteiger partial charge is 0.305 e. The van der Waals surface area contributed by atoms with E-state index in [4.69, 9.17) is 19.3 Å². The van der Waals surface area contributed by atoms with Crippen LogP contribution >= 0.6 is 0 Å². The molecule has 6 nitrogen and oxygen atoms in total. The van der Waals surface area contributed by atoms with Crippen molar-refractivity contribution in [2.45, 2.75) is 25.7 Å². The van der Waals surface area contributed by atoms with Crippen LogP contribution in [-0.4, -0.2) is 50.1 Å². The van der Waals surface area contributed by atoms with E-state index in [0.717, 1.165) is 0 Å². The number of carbonyl (C=O) groups is 2. The largest absolute Gasteiger partial charge is 0.481 e. The molecule has 0 saturated heterocycles. The van der Waals surface area contributed by atoms with Gasteiger partial charge in [0.1, 0.15) is 6.61 Å². The van der Waals surface area contributed by atoms with Crippen molar-refractivity contribution in [2.75, 3.05) is 33.0 Å². The van der Waals surface area contributed by atoms with Crippen LogP contribution in [0.5, 0.6) is 0 Å². The highest BCUT2D eigenvalue weighted by Crippen LogP contribution is 2.01. The number of unbranched alkanes of at least 4 members (excludes halogenated alkanes) is 1. The molecule has 19 heavy (non-hydrogen) atoms. The maximum Gasteiger partial charge on any atom is 0.305 e. The number of hydrogen-bond acceptors (Lipinski definition) is 5. The zero-order valence-corrected chi connectivity index (χ0v) is 11.1. The lowest BCUT2D eigenvalue weighted by Crippen LogP contribution is -2.12. The molecule has 0 unspecified atom stereocenters. The molecular weight excluding hydrogens is 252 g/mol. The van der Waals surface area contributed by atoms with Gasteiger partial charge in [0.25, 0.3) is 0 Å². The van der Waals surface area contributed by atoms with Crippen LogP contribution in [0.4, 0.5) is 0 Å². The molecule has 110 valence electrons. The van der Waals surface area contributed by atoms with Gasteiger partial charge in [-0.05, 0) is 12.8 Å². The van der Waals surface area contributed by atoms with E-state index < -0.39 is 5.97 Å². The van der Waals surface area contributed by atoms with E-state index in [2.05, 4.69) is 6.58 Å². The van der Waals surface area contributed by atoms with Crippen molar-refractivity contribution in [3.8, 4) is 0 Å². The van der Waals surface area contributed by atoms with Gasteiger partial charge in [-0.2, -0.15) is 0 Å². The summed E-state index contributed by atoms with van der Waals surface area (Å²) in [6.07, 6.45) is 3.01. The van der Waals surface area contributed by atoms with Crippen LogP contribution in [0.25, 0.3) is 0 Å². The molecule has 0 rings (SSSR count). The molecule has 0 radical (unpaired) electrons. The number of hydrogen-bond donors (Lipinski definition) is 1. The summed E-state index contributed by atoms with van der Waals surface area (Å²) in [5, 5.41) is 8.41. The number of ether oxygens (including phenoxy) is 3. The molecule has 0 bridgehead atoms. The second kappa shape index (κ2) is 13.0. The summed E-state index contributed by atoms with van der Waals surface area (Å²) in [7, 11) is 0. The van der Waals surface area contributed by atoms with Crippen molar-refractivity contribution >= 4 is 11.9 Å². The van der Waals surface area contributed by atoms with Gasteiger partial charge < -0.3 is 19.3 Å². The van der Waals surface area contributed by atoms with Crippen LogP contribution < -0.4 is 0 Å². The normalized spacial score (nSPS) is 10.1. The summed E-state index contributed by atoms with van der Waals surface area (Å²) in [6, 6.07) is 0. The fraction of sp³-hybridized carbons (Fsp3) is 0.692. The van der Waals surface area contributed by atoms with Gasteiger partial charge >= 0.3 is 11.9 Å². The van der Waals surface area contributed by atoms with Crippen molar-refractivity contribution in [2.24, 2.45) is 0 Å². The number of carboxylic acid groups (broad SMARTS) is 1. The lowest BCUT2D eigenvalue weighted by molar-refractivity contribution is -0.146. The summed E-state index contributed by atoms with van der Waals surface area (Å²) >= 11 is 0. The van der Waals surface area contributed by atoms with Gasteiger partial charge in [-0.25, -0.2) is 0 Å². The summed E-state index contributed by atoms with van der Waals surface area (Å²) in [4.78, 5) is 21.4. The molecule has 6 heteroatoms. The number of aliphatic carboxylic acids is 1. The van der Waals surface area contributed by atoms with Gasteiger partial charge in [0, 0.05) is 12.8 Å². The second-order valence-corrected chi connectivity index (χ2v) is 3.80. The summed E-state index contributed by atoms with van der Waals surface area (Å²) in [5.41, 5.74) is 0. The quantitative estimate of drug-likeness (QED) is 0.310. The third-order valence-corrected chi connectivity index (χ3v) is 2.12. The van der Waals surface area contributed by atoms with E-state index in [9.17, 15) is 9.59 Å². The highest BCUT2D eigenvalue weighted by molar-refractivity contribution is 5.69. The van der Waals surface area contributed by atoms with E-state index in [1.807, 2.05) is 0 Å². The van der Waals surface area contributed by atoms with Crippen molar-refractivity contribution in [1.82, 2.24) is 0 Å². The Bertz CT molecular complexity index is 264. The lowest BCUT2D eigenvalue weighted by atomic mass is 10.2. The first-order valence-electron chi connectivity index (χ1n) is 6.30. The molecule has 0 atom stereocenters. The zero-order chi connectivity index (χ0) is 14.3. The number of rotatable bonds is 13. The van der Waals surface area contributed by atoms with Gasteiger partial charge in [0.05, 0.1) is 26.4 Å². The van der Waals surface area contributed by atoms with Crippen LogP contribution in [-0.2, 0) is 23.8 Å². The minimum Gasteiger partial charge on any atom is -0.481 e. The highest BCUT2D eigenvalue weighted by Gasteiger charge is 2.03. The highest BCUT2D eigenvalue weighted by atomic mass is 16.6. The van der Waals surface area contributed by atoms with Gasteiger partial charge in [-0.1, -0.05) is 6.08 Å². The topological polar surface area (TPSA) is 82.1 Å². The number of carbonyl (C=O) groups excluding carboxylic acids is 1. The third-order valence-electron chi connectivity index (χ3n) is 2.12. The molecule has 0 aliphatic rings. The standard InChI is InChI=1S/C13H22O6/c1-2-7-17-8-9-18-10-11-19-13(16)6-4-3-5-12(14)15/h2H,1,3-11H2,(H,14,15). The van der Waals surface area contributed by atoms with Gasteiger partial charge in [0.15, 0.2) is 0 Å². The first-order valence-corrected chi connectivity index (χ1v) is 6.30. The van der Waals surface area contributed by atoms with E-state index in [1.165, 1.54) is 0 Å². The molecule has 0 amide bonds. The first-order chi connectivity index (χ1) is 9.16. The summed E-state index contributed by atoms with van der Waals surface area (Å²) in [6.45, 7) is 5.48. The Kier molecular flexibility index (Phi) is 12.1. The van der Waals surface area contributed by atoms with E-state index in [1.54, 1.807) is 6.08 Å². The zero-order valence-electron chi connectivity index (χ0n) is 11.1. The Hall–Kier alpha value is -1.40. The maximum atomic E-state index is 11.2. The molecular formula is C13H22O6. The van der Waals surface area contributed by atoms with Crippen LogP contribution in [0.3, 0.4) is 0 Å². The van der Waals surface area contributed by atoms with E-state index in [0.29, 0.717) is 39.3 Å². The molecule has 0 saturated carbocycles. The Labute approximate surface area is 113 Å². The number of carboxylic acids is 1. The fourth-order valence-corrected chi connectivity index (χ4v) is 1.22. The first kappa shape index (κ1) is 17.6. The van der Waals surface area contributed by atoms with Crippen LogP contribution in [0.15, 0.2) is 12.7 Å². The van der Waals surface area contributed by atoms with E-state index >= 15 is 0 Å². The summed E-state index contributed by atoms with van der Waals surface area (Å²) in [5.74, 6) is -1.17. The van der Waals surface area contributed by atoms with Crippen molar-refractivity contribution < 1.29 is 28.9 Å². The number of esters is 1. The van der Waals surface area contributed by atoms with Gasteiger partial charge in [0.2, 0.25) is 0 Å². The Balaban J connectivity index is 3.20. The summed E-state index contributed by atoms with van der Waals surface area (Å²) < 4.78 is 15.2. The van der Waals surface area contributed by atoms with Gasteiger partial charge in [-0.3, -0.25) is 9.59 Å². The molecule has 0 aromatic heterocycles. The fourth-order valence-electron chi connectivity index (χ4n) is 1.22. The molecule has 1 N–H and O–H groups in total. The Morgan fingerprint density at radius 3 is 2.32 bits per heavy atom. The molecule has 0 aliphatic heterocycles. The molecule has 0 fully saturated rings. The average Bonchev–Trinajstić information content (AvgIpc) is 2.37. The molecule has 0 aliphatic carbocycles. The van der Waals surface area contributed by atoms with Crippen molar-refractivity contribution in [1.29, 1.82) is 0 Å². The van der Waals surface area contributed by atoms with Gasteiger partial charge in [-0.15, -0.1) is 6.58 Å².